The molecule has 1 N–H and O–H groups in total. The Labute approximate surface area is 232 Å². The summed E-state index contributed by atoms with van der Waals surface area (Å²) in [5, 5.41) is 12.3. The molecule has 0 saturated heterocycles. The van der Waals surface area contributed by atoms with Gasteiger partial charge in [-0.25, -0.2) is 0 Å². The van der Waals surface area contributed by atoms with E-state index >= 15 is 0 Å². The van der Waals surface area contributed by atoms with E-state index in [1.165, 1.54) is 57.8 Å². The molecule has 0 radical (unpaired) electrons. The number of halogens is 1. The molecule has 5 rings (SSSR count). The van der Waals surface area contributed by atoms with Crippen LogP contribution in [0.3, 0.4) is 0 Å². The molecular formula is C35H51ClO. The summed E-state index contributed by atoms with van der Waals surface area (Å²) in [5.74, 6) is 12.5. The second kappa shape index (κ2) is 10.5. The van der Waals surface area contributed by atoms with Gasteiger partial charge in [0, 0.05) is 10.6 Å². The molecule has 0 unspecified atom stereocenters. The molecule has 4 aliphatic rings. The molecule has 9 atom stereocenters. The van der Waals surface area contributed by atoms with Gasteiger partial charge in [-0.05, 0) is 134 Å². The molecule has 1 aromatic rings. The van der Waals surface area contributed by atoms with Gasteiger partial charge in [0.2, 0.25) is 0 Å². The van der Waals surface area contributed by atoms with Gasteiger partial charge < -0.3 is 5.11 Å². The summed E-state index contributed by atoms with van der Waals surface area (Å²) < 4.78 is 0. The van der Waals surface area contributed by atoms with Crippen molar-refractivity contribution in [1.82, 2.24) is 0 Å². The van der Waals surface area contributed by atoms with Crippen molar-refractivity contribution in [3.63, 3.8) is 0 Å². The highest BCUT2D eigenvalue weighted by molar-refractivity contribution is 6.30. The van der Waals surface area contributed by atoms with Gasteiger partial charge in [0.05, 0.1) is 0 Å². The second-order valence-corrected chi connectivity index (χ2v) is 15.1. The molecule has 204 valence electrons. The standard InChI is InChI=1S/C35H51ClO/c1-24(2)7-6-8-25(3)30-15-16-31-29-14-11-27-23-35(37,20-17-26-9-12-28(36)13-10-26)22-21-33(27,4)32(29)18-19-34(30,31)5/h9-10,12-13,24-25,27,29-32,37H,6-8,11,14-16,18-19,21-23H2,1-5H3/t25-,27+,29-,30-,31+,32+,33-,34+,35-/m0/s1. The molecule has 37 heavy (non-hydrogen) atoms. The van der Waals surface area contributed by atoms with Crippen LogP contribution in [0.15, 0.2) is 24.3 Å². The molecule has 4 aliphatic carbocycles. The van der Waals surface area contributed by atoms with E-state index in [1.54, 1.807) is 0 Å². The van der Waals surface area contributed by atoms with Gasteiger partial charge in [-0.3, -0.25) is 0 Å². The first-order valence-electron chi connectivity index (χ1n) is 15.6. The van der Waals surface area contributed by atoms with Crippen LogP contribution >= 0.6 is 11.6 Å². The zero-order valence-corrected chi connectivity index (χ0v) is 24.9. The van der Waals surface area contributed by atoms with Crippen LogP contribution in [-0.4, -0.2) is 10.7 Å². The average Bonchev–Trinajstić information content (AvgIpc) is 3.21. The van der Waals surface area contributed by atoms with Gasteiger partial charge in [-0.1, -0.05) is 77.3 Å². The normalized spacial score (nSPS) is 41.8. The molecule has 1 nitrogen and oxygen atoms in total. The van der Waals surface area contributed by atoms with Gasteiger partial charge in [0.1, 0.15) is 5.60 Å². The Morgan fingerprint density at radius 1 is 0.892 bits per heavy atom. The zero-order valence-electron chi connectivity index (χ0n) is 24.2. The zero-order chi connectivity index (χ0) is 26.4. The Hall–Kier alpha value is -0.970. The topological polar surface area (TPSA) is 20.2 Å². The highest BCUT2D eigenvalue weighted by Crippen LogP contribution is 2.68. The monoisotopic (exact) mass is 522 g/mol. The fourth-order valence-electron chi connectivity index (χ4n) is 10.1. The average molecular weight is 523 g/mol. The van der Waals surface area contributed by atoms with Crippen molar-refractivity contribution < 1.29 is 5.11 Å². The van der Waals surface area contributed by atoms with Gasteiger partial charge in [-0.15, -0.1) is 0 Å². The molecule has 4 fully saturated rings. The van der Waals surface area contributed by atoms with Gasteiger partial charge >= 0.3 is 0 Å². The van der Waals surface area contributed by atoms with Crippen LogP contribution in [0.4, 0.5) is 0 Å². The van der Waals surface area contributed by atoms with E-state index in [0.717, 1.165) is 65.4 Å². The molecule has 0 amide bonds. The lowest BCUT2D eigenvalue weighted by Gasteiger charge is -2.62. The first kappa shape index (κ1) is 27.6. The molecule has 1 aromatic carbocycles. The van der Waals surface area contributed by atoms with Crippen LogP contribution in [0, 0.1) is 64.1 Å². The summed E-state index contributed by atoms with van der Waals surface area (Å²) in [5.41, 5.74) is 1.03. The number of aliphatic hydroxyl groups is 1. The molecule has 0 bridgehead atoms. The van der Waals surface area contributed by atoms with Crippen LogP contribution in [0.2, 0.25) is 5.02 Å². The predicted octanol–water partition coefficient (Wildman–Crippen LogP) is 9.54. The molecule has 0 aliphatic heterocycles. The summed E-state index contributed by atoms with van der Waals surface area (Å²) in [6.45, 7) is 12.6. The van der Waals surface area contributed by atoms with Crippen molar-refractivity contribution >= 4 is 11.6 Å². The third-order valence-electron chi connectivity index (χ3n) is 12.2. The number of fused-ring (bicyclic) bond motifs is 5. The van der Waals surface area contributed by atoms with Crippen LogP contribution in [0.1, 0.15) is 117 Å². The summed E-state index contributed by atoms with van der Waals surface area (Å²) in [4.78, 5) is 0. The van der Waals surface area contributed by atoms with Crippen molar-refractivity contribution in [3.8, 4) is 11.8 Å². The molecular weight excluding hydrogens is 472 g/mol. The molecule has 0 spiro atoms. The third-order valence-corrected chi connectivity index (χ3v) is 12.5. The minimum absolute atomic E-state index is 0.374. The third kappa shape index (κ3) is 5.29. The van der Waals surface area contributed by atoms with E-state index in [1.807, 2.05) is 24.3 Å². The van der Waals surface area contributed by atoms with E-state index in [2.05, 4.69) is 46.5 Å². The quantitative estimate of drug-likeness (QED) is 0.381. The van der Waals surface area contributed by atoms with Crippen molar-refractivity contribution in [2.75, 3.05) is 0 Å². The SMILES string of the molecule is CC(C)CCC[C@H](C)[C@@H]1CC[C@@H]2[C@@H]3CC[C@@H]4C[C@](O)(C#Cc5ccc(Cl)cc5)CC[C@]4(C)[C@@H]3CC[C@@]21C. The van der Waals surface area contributed by atoms with Crippen molar-refractivity contribution in [1.29, 1.82) is 0 Å². The van der Waals surface area contributed by atoms with Gasteiger partial charge in [-0.2, -0.15) is 0 Å². The molecule has 4 saturated carbocycles. The first-order valence-corrected chi connectivity index (χ1v) is 15.9. The number of benzene rings is 1. The first-order chi connectivity index (χ1) is 17.5. The maximum Gasteiger partial charge on any atom is 0.126 e. The van der Waals surface area contributed by atoms with Crippen molar-refractivity contribution in [2.24, 2.45) is 52.3 Å². The fraction of sp³-hybridized carbons (Fsp3) is 0.771. The Balaban J connectivity index is 1.26. The van der Waals surface area contributed by atoms with Crippen LogP contribution < -0.4 is 0 Å². The van der Waals surface area contributed by atoms with E-state index in [0.29, 0.717) is 16.7 Å². The van der Waals surface area contributed by atoms with Gasteiger partial charge in [0.15, 0.2) is 0 Å². The smallest absolute Gasteiger partial charge is 0.126 e. The number of rotatable bonds is 5. The van der Waals surface area contributed by atoms with E-state index in [4.69, 9.17) is 11.6 Å². The van der Waals surface area contributed by atoms with E-state index in [9.17, 15) is 5.11 Å². The highest BCUT2D eigenvalue weighted by Gasteiger charge is 2.61. The van der Waals surface area contributed by atoms with Crippen molar-refractivity contribution in [3.05, 3.63) is 34.9 Å². The van der Waals surface area contributed by atoms with E-state index in [-0.39, 0.29) is 0 Å². The summed E-state index contributed by atoms with van der Waals surface area (Å²) in [6, 6.07) is 7.67. The van der Waals surface area contributed by atoms with Gasteiger partial charge in [0.25, 0.3) is 0 Å². The Morgan fingerprint density at radius 3 is 2.35 bits per heavy atom. The summed E-state index contributed by atoms with van der Waals surface area (Å²) >= 11 is 6.03. The van der Waals surface area contributed by atoms with E-state index < -0.39 is 5.60 Å². The Morgan fingerprint density at radius 2 is 1.62 bits per heavy atom. The fourth-order valence-corrected chi connectivity index (χ4v) is 10.2. The summed E-state index contributed by atoms with van der Waals surface area (Å²) in [6.07, 6.45) is 15.5. The van der Waals surface area contributed by atoms with Crippen molar-refractivity contribution in [2.45, 2.75) is 117 Å². The Kier molecular flexibility index (Phi) is 7.86. The maximum atomic E-state index is 11.5. The number of hydrogen-bond donors (Lipinski definition) is 1. The maximum absolute atomic E-state index is 11.5. The summed E-state index contributed by atoms with van der Waals surface area (Å²) in [7, 11) is 0. The molecule has 0 aromatic heterocycles. The molecule has 0 heterocycles. The lowest BCUT2D eigenvalue weighted by atomic mass is 9.43. The number of hydrogen-bond acceptors (Lipinski definition) is 1. The Bertz CT molecular complexity index is 1000. The highest BCUT2D eigenvalue weighted by atomic mass is 35.5. The van der Waals surface area contributed by atoms with Crippen LogP contribution in [-0.2, 0) is 0 Å². The minimum atomic E-state index is -0.844. The molecule has 2 heteroatoms. The lowest BCUT2D eigenvalue weighted by Crippen LogP contribution is -2.55. The minimum Gasteiger partial charge on any atom is -0.378 e. The second-order valence-electron chi connectivity index (χ2n) is 14.7. The van der Waals surface area contributed by atoms with Crippen LogP contribution in [0.25, 0.3) is 0 Å². The largest absolute Gasteiger partial charge is 0.378 e. The predicted molar refractivity (Wildman–Crippen MR) is 156 cm³/mol. The van der Waals surface area contributed by atoms with Crippen LogP contribution in [0.5, 0.6) is 0 Å². The lowest BCUT2D eigenvalue weighted by molar-refractivity contribution is -0.140.